The monoisotopic (exact) mass is 186 g/mol. The van der Waals surface area contributed by atoms with Crippen LogP contribution in [0, 0.1) is 11.3 Å². The lowest BCUT2D eigenvalue weighted by Crippen LogP contribution is -2.11. The van der Waals surface area contributed by atoms with Crippen LogP contribution in [0.25, 0.3) is 10.9 Å². The molecule has 2 rings (SSSR count). The lowest BCUT2D eigenvalue weighted by Gasteiger charge is -1.97. The van der Waals surface area contributed by atoms with Gasteiger partial charge in [-0.25, -0.2) is 4.98 Å². The molecule has 68 valence electrons. The Labute approximate surface area is 78.8 Å². The zero-order valence-corrected chi connectivity index (χ0v) is 7.11. The van der Waals surface area contributed by atoms with E-state index in [0.29, 0.717) is 16.5 Å². The summed E-state index contributed by atoms with van der Waals surface area (Å²) in [4.78, 5) is 17.7. The summed E-state index contributed by atoms with van der Waals surface area (Å²) in [6.45, 7) is 0. The Morgan fingerprint density at radius 3 is 3.00 bits per heavy atom. The van der Waals surface area contributed by atoms with E-state index in [1.165, 1.54) is 6.07 Å². The molecule has 0 aliphatic carbocycles. The normalized spacial score (nSPS) is 9.93. The second-order valence-corrected chi connectivity index (χ2v) is 2.79. The van der Waals surface area contributed by atoms with Crippen molar-refractivity contribution in [2.24, 2.45) is 0 Å². The van der Waals surface area contributed by atoms with Gasteiger partial charge < -0.3 is 5.73 Å². The number of hydrogen-bond acceptors (Lipinski definition) is 4. The third-order valence-electron chi connectivity index (χ3n) is 1.85. The minimum Gasteiger partial charge on any atom is -0.369 e. The fourth-order valence-electron chi connectivity index (χ4n) is 1.23. The molecule has 0 atom stereocenters. The summed E-state index contributed by atoms with van der Waals surface area (Å²) in [5.41, 5.74) is 5.95. The number of anilines is 1. The van der Waals surface area contributed by atoms with Crippen LogP contribution in [-0.4, -0.2) is 9.97 Å². The molecule has 0 saturated heterocycles. The van der Waals surface area contributed by atoms with Gasteiger partial charge in [-0.3, -0.25) is 9.78 Å². The molecule has 14 heavy (non-hydrogen) atoms. The first-order valence-corrected chi connectivity index (χ1v) is 3.90. The van der Waals surface area contributed by atoms with E-state index in [0.717, 1.165) is 0 Å². The van der Waals surface area contributed by atoms with Crippen molar-refractivity contribution in [1.29, 1.82) is 5.26 Å². The average molecular weight is 186 g/mol. The molecule has 1 heterocycles. The van der Waals surface area contributed by atoms with Crippen LogP contribution < -0.4 is 11.3 Å². The van der Waals surface area contributed by atoms with Gasteiger partial charge in [-0.15, -0.1) is 0 Å². The van der Waals surface area contributed by atoms with Gasteiger partial charge in [0.2, 0.25) is 5.95 Å². The summed E-state index contributed by atoms with van der Waals surface area (Å²) >= 11 is 0. The number of benzene rings is 1. The molecule has 0 aliphatic rings. The molecule has 0 spiro atoms. The number of nitrogens with zero attached hydrogens (tertiary/aromatic N) is 2. The molecule has 5 nitrogen and oxygen atoms in total. The molecule has 1 aromatic carbocycles. The van der Waals surface area contributed by atoms with Gasteiger partial charge in [0.25, 0.3) is 5.56 Å². The highest BCUT2D eigenvalue weighted by molar-refractivity contribution is 5.79. The maximum Gasteiger partial charge on any atom is 0.260 e. The van der Waals surface area contributed by atoms with Crippen LogP contribution in [0.3, 0.4) is 0 Å². The van der Waals surface area contributed by atoms with Crippen LogP contribution in [0.2, 0.25) is 0 Å². The SMILES string of the molecule is N#Cc1ccc2nc(N)[nH]c(=O)c2c1. The lowest BCUT2D eigenvalue weighted by molar-refractivity contribution is 1.19. The number of aromatic nitrogens is 2. The molecule has 0 radical (unpaired) electrons. The Hall–Kier alpha value is -2.35. The molecule has 3 N–H and O–H groups in total. The smallest absolute Gasteiger partial charge is 0.260 e. The fraction of sp³-hybridized carbons (Fsp3) is 0. The first-order chi connectivity index (χ1) is 6.70. The molecule has 0 amide bonds. The highest BCUT2D eigenvalue weighted by Gasteiger charge is 2.02. The van der Waals surface area contributed by atoms with E-state index in [9.17, 15) is 4.79 Å². The highest BCUT2D eigenvalue weighted by atomic mass is 16.1. The number of rotatable bonds is 0. The molecule has 0 unspecified atom stereocenters. The second-order valence-electron chi connectivity index (χ2n) is 2.79. The Kier molecular flexibility index (Phi) is 1.68. The van der Waals surface area contributed by atoms with E-state index in [2.05, 4.69) is 9.97 Å². The van der Waals surface area contributed by atoms with Crippen LogP contribution in [0.1, 0.15) is 5.56 Å². The minimum absolute atomic E-state index is 0.0761. The second kappa shape index (κ2) is 2.85. The number of nitrogens with two attached hydrogens (primary N) is 1. The maximum absolute atomic E-state index is 11.4. The first kappa shape index (κ1) is 8.26. The van der Waals surface area contributed by atoms with Crippen molar-refractivity contribution in [1.82, 2.24) is 9.97 Å². The Morgan fingerprint density at radius 1 is 1.50 bits per heavy atom. The summed E-state index contributed by atoms with van der Waals surface area (Å²) in [7, 11) is 0. The van der Waals surface area contributed by atoms with Gasteiger partial charge in [0.15, 0.2) is 0 Å². The minimum atomic E-state index is -0.329. The van der Waals surface area contributed by atoms with Crippen molar-refractivity contribution < 1.29 is 0 Å². The average Bonchev–Trinajstić information content (AvgIpc) is 2.17. The van der Waals surface area contributed by atoms with Crippen molar-refractivity contribution >= 4 is 16.9 Å². The van der Waals surface area contributed by atoms with E-state index in [1.807, 2.05) is 6.07 Å². The van der Waals surface area contributed by atoms with Crippen molar-refractivity contribution in [2.45, 2.75) is 0 Å². The zero-order chi connectivity index (χ0) is 10.1. The van der Waals surface area contributed by atoms with Crippen LogP contribution in [0.5, 0.6) is 0 Å². The van der Waals surface area contributed by atoms with E-state index < -0.39 is 0 Å². The molecule has 1 aromatic heterocycles. The Balaban J connectivity index is 2.91. The van der Waals surface area contributed by atoms with Crippen LogP contribution in [0.4, 0.5) is 5.95 Å². The summed E-state index contributed by atoms with van der Waals surface area (Å²) in [6, 6.07) is 6.62. The van der Waals surface area contributed by atoms with Crippen molar-refractivity contribution in [3.8, 4) is 6.07 Å². The van der Waals surface area contributed by atoms with Gasteiger partial charge in [0.05, 0.1) is 22.5 Å². The number of fused-ring (bicyclic) bond motifs is 1. The summed E-state index contributed by atoms with van der Waals surface area (Å²) in [5, 5.41) is 9.01. The highest BCUT2D eigenvalue weighted by Crippen LogP contribution is 2.09. The third-order valence-corrected chi connectivity index (χ3v) is 1.85. The standard InChI is InChI=1S/C9H6N4O/c10-4-5-1-2-7-6(3-5)8(14)13-9(11)12-7/h1-3H,(H3,11,12,13,14). The summed E-state index contributed by atoms with van der Waals surface area (Å²) < 4.78 is 0. The first-order valence-electron chi connectivity index (χ1n) is 3.90. The number of hydrogen-bond donors (Lipinski definition) is 2. The molecular weight excluding hydrogens is 180 g/mol. The number of nitrogens with one attached hydrogen (secondary N) is 1. The molecule has 0 fully saturated rings. The Morgan fingerprint density at radius 2 is 2.29 bits per heavy atom. The van der Waals surface area contributed by atoms with Crippen LogP contribution >= 0.6 is 0 Å². The van der Waals surface area contributed by atoms with Gasteiger partial charge in [-0.05, 0) is 18.2 Å². The Bertz CT molecular complexity index is 594. The van der Waals surface area contributed by atoms with E-state index in [-0.39, 0.29) is 11.5 Å². The molecule has 0 aliphatic heterocycles. The van der Waals surface area contributed by atoms with Gasteiger partial charge in [0, 0.05) is 0 Å². The molecule has 0 bridgehead atoms. The molecule has 2 aromatic rings. The number of aromatic amines is 1. The quantitative estimate of drug-likeness (QED) is 0.621. The van der Waals surface area contributed by atoms with Crippen molar-refractivity contribution in [3.05, 3.63) is 34.1 Å². The van der Waals surface area contributed by atoms with E-state index in [4.69, 9.17) is 11.0 Å². The third kappa shape index (κ3) is 1.19. The van der Waals surface area contributed by atoms with Gasteiger partial charge >= 0.3 is 0 Å². The van der Waals surface area contributed by atoms with E-state index in [1.54, 1.807) is 12.1 Å². The van der Waals surface area contributed by atoms with Crippen molar-refractivity contribution in [2.75, 3.05) is 5.73 Å². The largest absolute Gasteiger partial charge is 0.369 e. The summed E-state index contributed by atoms with van der Waals surface area (Å²) in [6.07, 6.45) is 0. The summed E-state index contributed by atoms with van der Waals surface area (Å²) in [5.74, 6) is 0.0761. The van der Waals surface area contributed by atoms with Gasteiger partial charge in [0.1, 0.15) is 0 Å². The van der Waals surface area contributed by atoms with Crippen LogP contribution in [-0.2, 0) is 0 Å². The maximum atomic E-state index is 11.4. The van der Waals surface area contributed by atoms with Crippen LogP contribution in [0.15, 0.2) is 23.0 Å². The fourth-order valence-corrected chi connectivity index (χ4v) is 1.23. The molecule has 0 saturated carbocycles. The number of nitrogen functional groups attached to an aromatic ring is 1. The van der Waals surface area contributed by atoms with E-state index >= 15 is 0 Å². The predicted octanol–water partition coefficient (Wildman–Crippen LogP) is 0.377. The molecule has 5 heteroatoms. The lowest BCUT2D eigenvalue weighted by atomic mass is 10.2. The van der Waals surface area contributed by atoms with Crippen molar-refractivity contribution in [3.63, 3.8) is 0 Å². The van der Waals surface area contributed by atoms with Gasteiger partial charge in [-0.1, -0.05) is 0 Å². The molecular formula is C9H6N4O. The number of H-pyrrole nitrogens is 1. The van der Waals surface area contributed by atoms with Gasteiger partial charge in [-0.2, -0.15) is 5.26 Å². The topological polar surface area (TPSA) is 95.6 Å². The predicted molar refractivity (Wildman–Crippen MR) is 51.5 cm³/mol. The zero-order valence-electron chi connectivity index (χ0n) is 7.11. The number of nitriles is 1.